The SMILES string of the molecule is N#CC1CC2CC3CC1CC(N)(C2)C3. The van der Waals surface area contributed by atoms with Crippen molar-refractivity contribution in [1.82, 2.24) is 0 Å². The van der Waals surface area contributed by atoms with E-state index in [-0.39, 0.29) is 5.54 Å². The Bertz CT molecular complexity index is 293. The van der Waals surface area contributed by atoms with Gasteiger partial charge in [-0.2, -0.15) is 5.26 Å². The van der Waals surface area contributed by atoms with Gasteiger partial charge in [0.15, 0.2) is 0 Å². The molecule has 0 radical (unpaired) electrons. The van der Waals surface area contributed by atoms with Crippen LogP contribution in [0.25, 0.3) is 0 Å². The molecular formula is C12H18N2. The fraction of sp³-hybridized carbons (Fsp3) is 0.917. The van der Waals surface area contributed by atoms with Crippen molar-refractivity contribution in [3.8, 4) is 6.07 Å². The third kappa shape index (κ3) is 1.19. The van der Waals surface area contributed by atoms with Crippen molar-refractivity contribution in [2.24, 2.45) is 29.4 Å². The second-order valence-electron chi connectivity index (χ2n) is 5.91. The third-order valence-electron chi connectivity index (χ3n) is 4.68. The Kier molecular flexibility index (Phi) is 1.70. The zero-order valence-electron chi connectivity index (χ0n) is 8.58. The first-order valence-electron chi connectivity index (χ1n) is 5.87. The summed E-state index contributed by atoms with van der Waals surface area (Å²) in [5.41, 5.74) is 6.54. The normalized spacial score (nSPS) is 55.4. The zero-order chi connectivity index (χ0) is 9.76. The van der Waals surface area contributed by atoms with Gasteiger partial charge in [-0.15, -0.1) is 0 Å². The van der Waals surface area contributed by atoms with E-state index in [4.69, 9.17) is 11.0 Å². The number of hydrogen-bond donors (Lipinski definition) is 1. The Morgan fingerprint density at radius 3 is 2.43 bits per heavy atom. The van der Waals surface area contributed by atoms with Gasteiger partial charge in [0.05, 0.1) is 6.07 Å². The highest BCUT2D eigenvalue weighted by atomic mass is 14.8. The van der Waals surface area contributed by atoms with Crippen LogP contribution in [0.15, 0.2) is 0 Å². The van der Waals surface area contributed by atoms with E-state index in [1.807, 2.05) is 0 Å². The largest absolute Gasteiger partial charge is 0.325 e. The van der Waals surface area contributed by atoms with Crippen molar-refractivity contribution in [2.75, 3.05) is 0 Å². The van der Waals surface area contributed by atoms with Crippen LogP contribution >= 0.6 is 0 Å². The maximum atomic E-state index is 9.16. The van der Waals surface area contributed by atoms with E-state index in [1.54, 1.807) is 0 Å². The Morgan fingerprint density at radius 2 is 1.79 bits per heavy atom. The van der Waals surface area contributed by atoms with E-state index in [1.165, 1.54) is 25.7 Å². The Morgan fingerprint density at radius 1 is 1.07 bits per heavy atom. The summed E-state index contributed by atoms with van der Waals surface area (Å²) in [6.45, 7) is 0. The molecule has 4 fully saturated rings. The molecule has 4 aliphatic carbocycles. The molecule has 2 N–H and O–H groups in total. The van der Waals surface area contributed by atoms with Crippen LogP contribution in [0.3, 0.4) is 0 Å². The van der Waals surface area contributed by atoms with Crippen molar-refractivity contribution < 1.29 is 0 Å². The zero-order valence-corrected chi connectivity index (χ0v) is 8.58. The predicted molar refractivity (Wildman–Crippen MR) is 54.2 cm³/mol. The lowest BCUT2D eigenvalue weighted by Gasteiger charge is -2.46. The molecule has 76 valence electrons. The fourth-order valence-corrected chi connectivity index (χ4v) is 4.45. The summed E-state index contributed by atoms with van der Waals surface area (Å²) in [6, 6.07) is 2.52. The van der Waals surface area contributed by atoms with E-state index in [0.717, 1.165) is 24.7 Å². The van der Waals surface area contributed by atoms with Crippen molar-refractivity contribution >= 4 is 0 Å². The lowest BCUT2D eigenvalue weighted by Crippen LogP contribution is -2.50. The third-order valence-corrected chi connectivity index (χ3v) is 4.68. The summed E-state index contributed by atoms with van der Waals surface area (Å²) < 4.78 is 0. The van der Waals surface area contributed by atoms with Gasteiger partial charge < -0.3 is 5.73 Å². The van der Waals surface area contributed by atoms with Crippen LogP contribution < -0.4 is 5.73 Å². The number of rotatable bonds is 0. The summed E-state index contributed by atoms with van der Waals surface area (Å²) in [7, 11) is 0. The molecule has 0 aromatic carbocycles. The van der Waals surface area contributed by atoms with E-state index in [2.05, 4.69) is 6.07 Å². The first-order chi connectivity index (χ1) is 6.68. The van der Waals surface area contributed by atoms with Gasteiger partial charge in [-0.1, -0.05) is 0 Å². The highest BCUT2D eigenvalue weighted by Gasteiger charge is 2.49. The highest BCUT2D eigenvalue weighted by molar-refractivity contribution is 5.07. The van der Waals surface area contributed by atoms with Gasteiger partial charge in [0, 0.05) is 11.5 Å². The van der Waals surface area contributed by atoms with E-state index in [9.17, 15) is 0 Å². The van der Waals surface area contributed by atoms with Crippen molar-refractivity contribution in [2.45, 2.75) is 44.1 Å². The van der Waals surface area contributed by atoms with Crippen LogP contribution in [0.5, 0.6) is 0 Å². The number of fused-ring (bicyclic) bond motifs is 1. The summed E-state index contributed by atoms with van der Waals surface area (Å²) in [4.78, 5) is 0. The van der Waals surface area contributed by atoms with Crippen LogP contribution in [-0.4, -0.2) is 5.54 Å². The second-order valence-corrected chi connectivity index (χ2v) is 5.91. The van der Waals surface area contributed by atoms with E-state index in [0.29, 0.717) is 11.8 Å². The molecule has 0 spiro atoms. The minimum absolute atomic E-state index is 0.113. The molecule has 4 aliphatic rings. The molecule has 4 bridgehead atoms. The average molecular weight is 190 g/mol. The topological polar surface area (TPSA) is 49.8 Å². The molecule has 2 nitrogen and oxygen atoms in total. The molecule has 4 saturated carbocycles. The maximum absolute atomic E-state index is 9.16. The Hall–Kier alpha value is -0.550. The minimum Gasteiger partial charge on any atom is -0.325 e. The predicted octanol–water partition coefficient (Wildman–Crippen LogP) is 2.05. The summed E-state index contributed by atoms with van der Waals surface area (Å²) in [5, 5.41) is 9.16. The number of nitrogens with two attached hydrogens (primary N) is 1. The van der Waals surface area contributed by atoms with Crippen molar-refractivity contribution in [3.05, 3.63) is 0 Å². The van der Waals surface area contributed by atoms with Gasteiger partial charge >= 0.3 is 0 Å². The van der Waals surface area contributed by atoms with Gasteiger partial charge in [-0.25, -0.2) is 0 Å². The van der Waals surface area contributed by atoms with Gasteiger partial charge in [0.25, 0.3) is 0 Å². The summed E-state index contributed by atoms with van der Waals surface area (Å²) >= 11 is 0. The van der Waals surface area contributed by atoms with Crippen LogP contribution in [0.1, 0.15) is 38.5 Å². The van der Waals surface area contributed by atoms with Crippen LogP contribution in [0, 0.1) is 35.0 Å². The molecule has 14 heavy (non-hydrogen) atoms. The standard InChI is InChI=1S/C12H18N2/c13-7-11-3-9-1-8-2-10(11)6-12(14,4-8)5-9/h8-11H,1-6,14H2. The van der Waals surface area contributed by atoms with Crippen molar-refractivity contribution in [1.29, 1.82) is 5.26 Å². The maximum Gasteiger partial charge on any atom is 0.0658 e. The summed E-state index contributed by atoms with van der Waals surface area (Å²) in [5.74, 6) is 2.54. The molecular weight excluding hydrogens is 172 g/mol. The highest BCUT2D eigenvalue weighted by Crippen LogP contribution is 2.53. The smallest absolute Gasteiger partial charge is 0.0658 e. The average Bonchev–Trinajstić information content (AvgIpc) is 2.26. The van der Waals surface area contributed by atoms with Gasteiger partial charge in [-0.05, 0) is 56.3 Å². The van der Waals surface area contributed by atoms with Gasteiger partial charge in [-0.3, -0.25) is 0 Å². The van der Waals surface area contributed by atoms with Gasteiger partial charge in [0.1, 0.15) is 0 Å². The molecule has 5 atom stereocenters. The van der Waals surface area contributed by atoms with Gasteiger partial charge in [0.2, 0.25) is 0 Å². The molecule has 0 aliphatic heterocycles. The lowest BCUT2D eigenvalue weighted by atomic mass is 9.63. The molecule has 4 rings (SSSR count). The molecule has 0 saturated heterocycles. The molecule has 0 aromatic rings. The summed E-state index contributed by atoms with van der Waals surface area (Å²) in [6.07, 6.45) is 7.33. The number of nitrogens with zero attached hydrogens (tertiary/aromatic N) is 1. The Balaban J connectivity index is 1.96. The monoisotopic (exact) mass is 190 g/mol. The molecule has 0 aromatic heterocycles. The first-order valence-corrected chi connectivity index (χ1v) is 5.87. The number of nitriles is 1. The second kappa shape index (κ2) is 2.73. The van der Waals surface area contributed by atoms with E-state index >= 15 is 0 Å². The van der Waals surface area contributed by atoms with E-state index < -0.39 is 0 Å². The van der Waals surface area contributed by atoms with Crippen molar-refractivity contribution in [3.63, 3.8) is 0 Å². The van der Waals surface area contributed by atoms with Crippen LogP contribution in [-0.2, 0) is 0 Å². The van der Waals surface area contributed by atoms with Crippen LogP contribution in [0.2, 0.25) is 0 Å². The van der Waals surface area contributed by atoms with Crippen LogP contribution in [0.4, 0.5) is 0 Å². The fourth-order valence-electron chi connectivity index (χ4n) is 4.45. The number of hydrogen-bond acceptors (Lipinski definition) is 2. The first kappa shape index (κ1) is 8.73. The Labute approximate surface area is 85.5 Å². The molecule has 0 amide bonds. The molecule has 5 unspecified atom stereocenters. The lowest BCUT2D eigenvalue weighted by molar-refractivity contribution is 0.101. The minimum atomic E-state index is 0.113. The molecule has 2 heteroatoms. The quantitative estimate of drug-likeness (QED) is 0.635. The molecule has 0 heterocycles.